The Labute approximate surface area is 100.0 Å². The Kier molecular flexibility index (Phi) is 5.02. The Hall–Kier alpha value is -1.01. The molecule has 17 heavy (non-hydrogen) atoms. The van der Waals surface area contributed by atoms with Gasteiger partial charge in [-0.2, -0.15) is 8.78 Å². The highest BCUT2D eigenvalue weighted by Crippen LogP contribution is 2.12. The molecule has 0 amide bonds. The van der Waals surface area contributed by atoms with Gasteiger partial charge in [0.1, 0.15) is 5.82 Å². The molecule has 0 aliphatic carbocycles. The van der Waals surface area contributed by atoms with E-state index in [4.69, 9.17) is 4.74 Å². The van der Waals surface area contributed by atoms with Crippen molar-refractivity contribution in [1.82, 2.24) is 14.9 Å². The van der Waals surface area contributed by atoms with Gasteiger partial charge >= 0.3 is 6.55 Å². The summed E-state index contributed by atoms with van der Waals surface area (Å²) in [6.07, 6.45) is 2.65. The molecule has 98 valence electrons. The van der Waals surface area contributed by atoms with Crippen molar-refractivity contribution in [3.8, 4) is 0 Å². The van der Waals surface area contributed by atoms with Gasteiger partial charge in [0.25, 0.3) is 0 Å². The minimum Gasteiger partial charge on any atom is -0.375 e. The zero-order valence-corrected chi connectivity index (χ0v) is 10.4. The van der Waals surface area contributed by atoms with E-state index in [1.54, 1.807) is 0 Å². The Morgan fingerprint density at radius 3 is 2.82 bits per heavy atom. The topological polar surface area (TPSA) is 39.1 Å². The minimum atomic E-state index is -2.55. The predicted octanol–water partition coefficient (Wildman–Crippen LogP) is 2.18. The van der Waals surface area contributed by atoms with Gasteiger partial charge in [-0.15, -0.1) is 0 Å². The summed E-state index contributed by atoms with van der Waals surface area (Å²) in [6, 6.07) is 0. The number of nitrogens with zero attached hydrogens (tertiary/aromatic N) is 2. The highest BCUT2D eigenvalue weighted by atomic mass is 19.3. The Morgan fingerprint density at radius 2 is 2.24 bits per heavy atom. The lowest BCUT2D eigenvalue weighted by Gasteiger charge is -2.24. The van der Waals surface area contributed by atoms with Crippen LogP contribution >= 0.6 is 0 Å². The largest absolute Gasteiger partial charge is 0.375 e. The third-order valence-corrected chi connectivity index (χ3v) is 2.33. The number of alkyl halides is 2. The van der Waals surface area contributed by atoms with Gasteiger partial charge in [-0.1, -0.05) is 0 Å². The summed E-state index contributed by atoms with van der Waals surface area (Å²) in [6.45, 7) is 4.77. The van der Waals surface area contributed by atoms with E-state index in [2.05, 4.69) is 10.3 Å². The number of ether oxygens (including phenoxy) is 1. The van der Waals surface area contributed by atoms with Crippen molar-refractivity contribution in [2.75, 3.05) is 13.2 Å². The van der Waals surface area contributed by atoms with E-state index < -0.39 is 6.55 Å². The number of hydrogen-bond acceptors (Lipinski definition) is 3. The lowest BCUT2D eigenvalue weighted by Crippen LogP contribution is -2.37. The molecule has 0 saturated carbocycles. The van der Waals surface area contributed by atoms with Crippen molar-refractivity contribution in [3.63, 3.8) is 0 Å². The summed E-state index contributed by atoms with van der Waals surface area (Å²) in [5.41, 5.74) is -0.309. The highest BCUT2D eigenvalue weighted by molar-refractivity contribution is 4.92. The second kappa shape index (κ2) is 6.07. The normalized spacial score (nSPS) is 12.4. The van der Waals surface area contributed by atoms with E-state index in [0.29, 0.717) is 25.5 Å². The van der Waals surface area contributed by atoms with Gasteiger partial charge in [0.05, 0.1) is 12.1 Å². The quantitative estimate of drug-likeness (QED) is 0.802. The molecule has 0 radical (unpaired) electrons. The summed E-state index contributed by atoms with van der Waals surface area (Å²) in [5, 5.41) is 3.07. The molecule has 6 heteroatoms. The fraction of sp³-hybridized carbons (Fsp3) is 0.727. The van der Waals surface area contributed by atoms with Crippen LogP contribution in [0.15, 0.2) is 12.4 Å². The van der Waals surface area contributed by atoms with E-state index in [0.717, 1.165) is 4.57 Å². The van der Waals surface area contributed by atoms with Crippen LogP contribution in [0.2, 0.25) is 0 Å². The number of nitrogens with one attached hydrogen (secondary N) is 1. The molecule has 0 aliphatic rings. The molecule has 0 fully saturated rings. The average Bonchev–Trinajstić information content (AvgIpc) is 2.65. The standard InChI is InChI=1S/C11H19F2N3O/c1-4-17-11(2,3)8-14-7-9-15-5-6-16(9)10(12)13/h5-6,10,14H,4,7-8H2,1-3H3. The van der Waals surface area contributed by atoms with Crippen molar-refractivity contribution in [1.29, 1.82) is 0 Å². The smallest absolute Gasteiger partial charge is 0.319 e. The zero-order valence-electron chi connectivity index (χ0n) is 10.4. The molecule has 1 N–H and O–H groups in total. The van der Waals surface area contributed by atoms with Gasteiger partial charge in [-0.3, -0.25) is 4.57 Å². The second-order valence-electron chi connectivity index (χ2n) is 4.32. The molecule has 1 rings (SSSR count). The number of imidazole rings is 1. The molecule has 0 bridgehead atoms. The monoisotopic (exact) mass is 247 g/mol. The molecule has 1 heterocycles. The van der Waals surface area contributed by atoms with Crippen LogP contribution in [0.4, 0.5) is 8.78 Å². The maximum atomic E-state index is 12.5. The van der Waals surface area contributed by atoms with E-state index in [1.165, 1.54) is 12.4 Å². The zero-order chi connectivity index (χ0) is 12.9. The second-order valence-corrected chi connectivity index (χ2v) is 4.32. The highest BCUT2D eigenvalue weighted by Gasteiger charge is 2.17. The number of aromatic nitrogens is 2. The van der Waals surface area contributed by atoms with E-state index in [9.17, 15) is 8.78 Å². The molecule has 0 saturated heterocycles. The van der Waals surface area contributed by atoms with Gasteiger partial charge in [-0.25, -0.2) is 4.98 Å². The first-order valence-electron chi connectivity index (χ1n) is 5.61. The summed E-state index contributed by atoms with van der Waals surface area (Å²) in [7, 11) is 0. The van der Waals surface area contributed by atoms with Crippen LogP contribution in [-0.2, 0) is 11.3 Å². The van der Waals surface area contributed by atoms with Crippen molar-refractivity contribution in [2.45, 2.75) is 39.5 Å². The third-order valence-electron chi connectivity index (χ3n) is 2.33. The van der Waals surface area contributed by atoms with Crippen LogP contribution < -0.4 is 5.32 Å². The van der Waals surface area contributed by atoms with E-state index in [1.807, 2.05) is 20.8 Å². The van der Waals surface area contributed by atoms with Crippen LogP contribution in [0, 0.1) is 0 Å². The van der Waals surface area contributed by atoms with Crippen LogP contribution in [0.5, 0.6) is 0 Å². The number of hydrogen-bond donors (Lipinski definition) is 1. The number of halogens is 2. The summed E-state index contributed by atoms with van der Waals surface area (Å²) in [4.78, 5) is 3.88. The third kappa shape index (κ3) is 4.40. The van der Waals surface area contributed by atoms with Gasteiger partial charge in [0.15, 0.2) is 0 Å². The first kappa shape index (κ1) is 14.1. The maximum Gasteiger partial charge on any atom is 0.319 e. The van der Waals surface area contributed by atoms with Crippen LogP contribution in [0.25, 0.3) is 0 Å². The molecule has 0 atom stereocenters. The van der Waals surface area contributed by atoms with Crippen LogP contribution in [0.1, 0.15) is 33.1 Å². The lowest BCUT2D eigenvalue weighted by molar-refractivity contribution is -0.00930. The lowest BCUT2D eigenvalue weighted by atomic mass is 10.1. The number of rotatable bonds is 7. The van der Waals surface area contributed by atoms with Gasteiger partial charge in [-0.05, 0) is 20.8 Å². The first-order valence-corrected chi connectivity index (χ1v) is 5.61. The SMILES string of the molecule is CCOC(C)(C)CNCc1nccn1C(F)F. The first-order chi connectivity index (χ1) is 7.96. The Balaban J connectivity index is 2.43. The molecule has 1 aromatic heterocycles. The molecule has 0 unspecified atom stereocenters. The van der Waals surface area contributed by atoms with Gasteiger partial charge in [0, 0.05) is 25.5 Å². The molecule has 4 nitrogen and oxygen atoms in total. The van der Waals surface area contributed by atoms with Crippen LogP contribution in [-0.4, -0.2) is 28.3 Å². The van der Waals surface area contributed by atoms with Crippen molar-refractivity contribution in [3.05, 3.63) is 18.2 Å². The van der Waals surface area contributed by atoms with Gasteiger partial charge in [0.2, 0.25) is 0 Å². The Morgan fingerprint density at radius 1 is 1.53 bits per heavy atom. The summed E-state index contributed by atoms with van der Waals surface area (Å²) < 4.78 is 31.4. The Bertz CT molecular complexity index is 339. The maximum absolute atomic E-state index is 12.5. The van der Waals surface area contributed by atoms with Gasteiger partial charge < -0.3 is 10.1 Å². The van der Waals surface area contributed by atoms with Crippen molar-refractivity contribution in [2.24, 2.45) is 0 Å². The van der Waals surface area contributed by atoms with Crippen molar-refractivity contribution < 1.29 is 13.5 Å². The molecule has 1 aromatic rings. The minimum absolute atomic E-state index is 0.299. The predicted molar refractivity (Wildman–Crippen MR) is 60.9 cm³/mol. The molecule has 0 spiro atoms. The molecular formula is C11H19F2N3O. The average molecular weight is 247 g/mol. The van der Waals surface area contributed by atoms with Crippen molar-refractivity contribution >= 4 is 0 Å². The molecule has 0 aromatic carbocycles. The summed E-state index contributed by atoms with van der Waals surface area (Å²) in [5.74, 6) is 0.326. The molecule has 0 aliphatic heterocycles. The van der Waals surface area contributed by atoms with E-state index >= 15 is 0 Å². The fourth-order valence-electron chi connectivity index (χ4n) is 1.58. The van der Waals surface area contributed by atoms with Crippen LogP contribution in [0.3, 0.4) is 0 Å². The fourth-order valence-corrected chi connectivity index (χ4v) is 1.58. The summed E-state index contributed by atoms with van der Waals surface area (Å²) >= 11 is 0. The van der Waals surface area contributed by atoms with E-state index in [-0.39, 0.29) is 5.60 Å². The molecular weight excluding hydrogens is 228 g/mol.